The van der Waals surface area contributed by atoms with Crippen LogP contribution in [0.15, 0.2) is 42.6 Å². The van der Waals surface area contributed by atoms with Crippen molar-refractivity contribution in [3.63, 3.8) is 0 Å². The molecule has 37 heavy (non-hydrogen) atoms. The number of pyridine rings is 1. The van der Waals surface area contributed by atoms with E-state index < -0.39 is 0 Å². The molecule has 1 aromatic carbocycles. The molecule has 1 atom stereocenters. The van der Waals surface area contributed by atoms with E-state index in [-0.39, 0.29) is 30.4 Å². The summed E-state index contributed by atoms with van der Waals surface area (Å²) in [5, 5.41) is 15.6. The molecule has 0 saturated carbocycles. The molecule has 3 amide bonds. The van der Waals surface area contributed by atoms with Crippen LogP contribution in [0.4, 0.5) is 5.69 Å². The maximum atomic E-state index is 13.2. The lowest BCUT2D eigenvalue weighted by atomic mass is 10.0. The van der Waals surface area contributed by atoms with E-state index in [9.17, 15) is 19.5 Å². The highest BCUT2D eigenvalue weighted by atomic mass is 16.3. The molecule has 1 aliphatic rings. The molecular formula is C28H35N5O4. The van der Waals surface area contributed by atoms with Crippen molar-refractivity contribution in [2.24, 2.45) is 5.92 Å². The van der Waals surface area contributed by atoms with Crippen molar-refractivity contribution in [1.29, 1.82) is 0 Å². The highest BCUT2D eigenvalue weighted by Crippen LogP contribution is 2.22. The summed E-state index contributed by atoms with van der Waals surface area (Å²) in [6, 6.07) is 10.7. The average molecular weight is 506 g/mol. The Balaban J connectivity index is 1.50. The summed E-state index contributed by atoms with van der Waals surface area (Å²) in [5.74, 6) is -0.158. The molecule has 1 aliphatic heterocycles. The van der Waals surface area contributed by atoms with Crippen molar-refractivity contribution >= 4 is 29.1 Å². The van der Waals surface area contributed by atoms with Crippen molar-refractivity contribution in [1.82, 2.24) is 20.0 Å². The van der Waals surface area contributed by atoms with Crippen molar-refractivity contribution in [2.75, 3.05) is 18.1 Å². The number of aliphatic hydroxyl groups is 1. The normalized spacial score (nSPS) is 14.4. The average Bonchev–Trinajstić information content (AvgIpc) is 3.49. The largest absolute Gasteiger partial charge is 0.394 e. The Morgan fingerprint density at radius 3 is 2.51 bits per heavy atom. The number of aromatic nitrogens is 2. The number of amides is 3. The first-order valence-electron chi connectivity index (χ1n) is 12.9. The molecule has 0 aliphatic carbocycles. The summed E-state index contributed by atoms with van der Waals surface area (Å²) < 4.78 is 1.65. The van der Waals surface area contributed by atoms with Gasteiger partial charge in [0.05, 0.1) is 23.9 Å². The Labute approximate surface area is 216 Å². The molecule has 3 heterocycles. The summed E-state index contributed by atoms with van der Waals surface area (Å²) in [4.78, 5) is 44.7. The summed E-state index contributed by atoms with van der Waals surface area (Å²) in [6.45, 7) is 6.89. The highest BCUT2D eigenvalue weighted by molar-refractivity contribution is 6.02. The minimum atomic E-state index is -0.357. The first-order valence-corrected chi connectivity index (χ1v) is 12.9. The fourth-order valence-corrected chi connectivity index (χ4v) is 4.77. The lowest BCUT2D eigenvalue weighted by Crippen LogP contribution is -2.39. The molecule has 0 spiro atoms. The van der Waals surface area contributed by atoms with E-state index in [0.29, 0.717) is 54.3 Å². The number of aliphatic hydroxyl groups excluding tert-OH is 1. The molecule has 0 unspecified atom stereocenters. The number of imidazole rings is 1. The van der Waals surface area contributed by atoms with Gasteiger partial charge in [-0.05, 0) is 55.0 Å². The van der Waals surface area contributed by atoms with Crippen LogP contribution in [0.3, 0.4) is 0 Å². The number of nitrogens with one attached hydrogen (secondary N) is 2. The van der Waals surface area contributed by atoms with E-state index in [4.69, 9.17) is 0 Å². The van der Waals surface area contributed by atoms with Crippen molar-refractivity contribution in [3.05, 3.63) is 65.1 Å². The second kappa shape index (κ2) is 11.6. The van der Waals surface area contributed by atoms with Crippen molar-refractivity contribution in [2.45, 2.75) is 59.0 Å². The predicted molar refractivity (Wildman–Crippen MR) is 142 cm³/mol. The molecule has 9 nitrogen and oxygen atoms in total. The molecule has 4 rings (SSSR count). The second-order valence-corrected chi connectivity index (χ2v) is 9.86. The van der Waals surface area contributed by atoms with Crippen molar-refractivity contribution in [3.8, 4) is 0 Å². The van der Waals surface area contributed by atoms with Gasteiger partial charge in [-0.25, -0.2) is 4.98 Å². The molecule has 1 saturated heterocycles. The summed E-state index contributed by atoms with van der Waals surface area (Å²) >= 11 is 0. The highest BCUT2D eigenvalue weighted by Gasteiger charge is 2.24. The molecule has 1 fully saturated rings. The molecule has 0 bridgehead atoms. The molecular weight excluding hydrogens is 470 g/mol. The maximum Gasteiger partial charge on any atom is 0.270 e. The zero-order chi connectivity index (χ0) is 26.5. The first kappa shape index (κ1) is 26.3. The third kappa shape index (κ3) is 5.83. The fraction of sp³-hybridized carbons (Fsp3) is 0.429. The van der Waals surface area contributed by atoms with Crippen LogP contribution in [0.25, 0.3) is 5.65 Å². The predicted octanol–water partition coefficient (Wildman–Crippen LogP) is 3.09. The number of hydrogen-bond donors (Lipinski definition) is 3. The number of carbonyl (C=O) groups excluding carboxylic acids is 3. The van der Waals surface area contributed by atoms with Gasteiger partial charge in [-0.3, -0.25) is 18.8 Å². The van der Waals surface area contributed by atoms with E-state index in [1.807, 2.05) is 45.0 Å². The number of hydrogen-bond acceptors (Lipinski definition) is 5. The van der Waals surface area contributed by atoms with E-state index in [0.717, 1.165) is 24.2 Å². The van der Waals surface area contributed by atoms with E-state index in [2.05, 4.69) is 15.6 Å². The molecule has 0 radical (unpaired) electrons. The fourth-order valence-electron chi connectivity index (χ4n) is 4.77. The van der Waals surface area contributed by atoms with Gasteiger partial charge in [-0.15, -0.1) is 0 Å². The first-order chi connectivity index (χ1) is 17.8. The Morgan fingerprint density at radius 2 is 1.89 bits per heavy atom. The number of carbonyl (C=O) groups is 3. The van der Waals surface area contributed by atoms with Gasteiger partial charge in [0.25, 0.3) is 11.8 Å². The minimum Gasteiger partial charge on any atom is -0.394 e. The molecule has 2 aromatic heterocycles. The van der Waals surface area contributed by atoms with Crippen LogP contribution in [-0.4, -0.2) is 51.4 Å². The van der Waals surface area contributed by atoms with Gasteiger partial charge in [0.2, 0.25) is 5.91 Å². The van der Waals surface area contributed by atoms with Crippen LogP contribution >= 0.6 is 0 Å². The smallest absolute Gasteiger partial charge is 0.270 e. The number of anilines is 1. The summed E-state index contributed by atoms with van der Waals surface area (Å²) in [7, 11) is 0. The van der Waals surface area contributed by atoms with Crippen LogP contribution in [0.5, 0.6) is 0 Å². The lowest BCUT2D eigenvalue weighted by molar-refractivity contribution is -0.117. The van der Waals surface area contributed by atoms with E-state index >= 15 is 0 Å². The number of benzene rings is 1. The number of nitrogens with zero attached hydrogens (tertiary/aromatic N) is 3. The SMILES string of the molecule is CCc1nc2c(C(=O)NCc3ccc(N4CCCC4=O)cc3)cccn2c1C(=O)N[C@H](CO)CC(C)C. The Morgan fingerprint density at radius 1 is 1.14 bits per heavy atom. The Bertz CT molecular complexity index is 1280. The van der Waals surface area contributed by atoms with Gasteiger partial charge in [0, 0.05) is 31.4 Å². The van der Waals surface area contributed by atoms with Crippen LogP contribution < -0.4 is 15.5 Å². The van der Waals surface area contributed by atoms with Crippen LogP contribution in [0, 0.1) is 5.92 Å². The van der Waals surface area contributed by atoms with E-state index in [1.54, 1.807) is 27.6 Å². The van der Waals surface area contributed by atoms with Crippen molar-refractivity contribution < 1.29 is 19.5 Å². The lowest BCUT2D eigenvalue weighted by Gasteiger charge is -2.18. The molecule has 196 valence electrons. The second-order valence-electron chi connectivity index (χ2n) is 9.86. The van der Waals surface area contributed by atoms with Gasteiger partial charge in [-0.1, -0.05) is 32.9 Å². The number of rotatable bonds is 10. The van der Waals surface area contributed by atoms with Gasteiger partial charge in [0.1, 0.15) is 5.69 Å². The molecule has 3 aromatic rings. The van der Waals surface area contributed by atoms with Crippen LogP contribution in [0.2, 0.25) is 0 Å². The van der Waals surface area contributed by atoms with Gasteiger partial charge in [-0.2, -0.15) is 0 Å². The number of fused-ring (bicyclic) bond motifs is 1. The third-order valence-corrected chi connectivity index (χ3v) is 6.60. The maximum absolute atomic E-state index is 13.2. The third-order valence-electron chi connectivity index (χ3n) is 6.60. The van der Waals surface area contributed by atoms with Gasteiger partial charge >= 0.3 is 0 Å². The minimum absolute atomic E-state index is 0.139. The van der Waals surface area contributed by atoms with E-state index in [1.165, 1.54) is 0 Å². The summed E-state index contributed by atoms with van der Waals surface area (Å²) in [5.41, 5.74) is 3.53. The van der Waals surface area contributed by atoms with Crippen LogP contribution in [0.1, 0.15) is 72.1 Å². The van der Waals surface area contributed by atoms with Gasteiger partial charge < -0.3 is 20.6 Å². The van der Waals surface area contributed by atoms with Gasteiger partial charge in [0.15, 0.2) is 5.65 Å². The Kier molecular flexibility index (Phi) is 8.23. The quantitative estimate of drug-likeness (QED) is 0.392. The topological polar surface area (TPSA) is 116 Å². The zero-order valence-corrected chi connectivity index (χ0v) is 21.7. The molecule has 3 N–H and O–H groups in total. The Hall–Kier alpha value is -3.72. The monoisotopic (exact) mass is 505 g/mol. The molecule has 9 heteroatoms. The van der Waals surface area contributed by atoms with Crippen LogP contribution in [-0.2, 0) is 17.8 Å². The standard InChI is InChI=1S/C28H35N5O4/c1-4-23-25(28(37)30-20(17-34)15-18(2)3)33-14-5-7-22(26(33)31-23)27(36)29-16-19-9-11-21(12-10-19)32-13-6-8-24(32)35/h5,7,9-12,14,18,20,34H,4,6,8,13,15-17H2,1-3H3,(H,29,36)(H,30,37)/t20-/m0/s1. The number of aryl methyl sites for hydroxylation is 1. The zero-order valence-electron chi connectivity index (χ0n) is 21.7. The summed E-state index contributed by atoms with van der Waals surface area (Å²) in [6.07, 6.45) is 4.36.